The Morgan fingerprint density at radius 3 is 3.00 bits per heavy atom. The number of carbonyl (C=O) groups excluding carboxylic acids is 1. The van der Waals surface area contributed by atoms with Crippen molar-refractivity contribution >= 4 is 24.0 Å². The van der Waals surface area contributed by atoms with Gasteiger partial charge < -0.3 is 10.2 Å². The monoisotopic (exact) mass is 294 g/mol. The van der Waals surface area contributed by atoms with Crippen LogP contribution in [-0.4, -0.2) is 25.0 Å². The molecule has 0 spiro atoms. The van der Waals surface area contributed by atoms with Crippen molar-refractivity contribution in [3.05, 3.63) is 29.3 Å². The number of rotatable bonds is 2. The van der Waals surface area contributed by atoms with E-state index in [1.54, 1.807) is 0 Å². The number of aryl methyl sites for hydroxylation is 2. The maximum atomic E-state index is 12.5. The minimum atomic E-state index is 0. The molecule has 2 aliphatic rings. The smallest absolute Gasteiger partial charge is 0.228 e. The van der Waals surface area contributed by atoms with Gasteiger partial charge in [-0.3, -0.25) is 4.79 Å². The second kappa shape index (κ2) is 6.59. The van der Waals surface area contributed by atoms with Crippen molar-refractivity contribution in [2.75, 3.05) is 18.0 Å². The molecule has 0 aromatic heterocycles. The fourth-order valence-electron chi connectivity index (χ4n) is 3.20. The van der Waals surface area contributed by atoms with Gasteiger partial charge in [-0.05, 0) is 56.3 Å². The van der Waals surface area contributed by atoms with E-state index in [0.717, 1.165) is 38.0 Å². The third-order valence-corrected chi connectivity index (χ3v) is 4.24. The van der Waals surface area contributed by atoms with E-state index in [0.29, 0.717) is 12.5 Å². The number of nitrogens with one attached hydrogen (secondary N) is 1. The summed E-state index contributed by atoms with van der Waals surface area (Å²) in [6.07, 6.45) is 5.17. The predicted octanol–water partition coefficient (Wildman–Crippen LogP) is 2.84. The molecule has 0 aliphatic carbocycles. The van der Waals surface area contributed by atoms with Gasteiger partial charge in [-0.2, -0.15) is 0 Å². The summed E-state index contributed by atoms with van der Waals surface area (Å²) in [5, 5.41) is 3.41. The number of hydrogen-bond acceptors (Lipinski definition) is 2. The van der Waals surface area contributed by atoms with Crippen LogP contribution in [0, 0.1) is 6.92 Å². The van der Waals surface area contributed by atoms with Gasteiger partial charge >= 0.3 is 0 Å². The zero-order chi connectivity index (χ0) is 13.2. The lowest BCUT2D eigenvalue weighted by Crippen LogP contribution is -2.39. The van der Waals surface area contributed by atoms with E-state index < -0.39 is 0 Å². The summed E-state index contributed by atoms with van der Waals surface area (Å²) in [6, 6.07) is 6.88. The van der Waals surface area contributed by atoms with Crippen LogP contribution in [0.25, 0.3) is 0 Å². The van der Waals surface area contributed by atoms with E-state index in [2.05, 4.69) is 30.4 Å². The number of benzene rings is 1. The number of hydrogen-bond donors (Lipinski definition) is 1. The number of anilines is 1. The molecular formula is C16H23ClN2O. The molecule has 4 heteroatoms. The lowest BCUT2D eigenvalue weighted by atomic mass is 9.99. The van der Waals surface area contributed by atoms with Crippen LogP contribution < -0.4 is 10.2 Å². The Hall–Kier alpha value is -1.06. The first-order valence-corrected chi connectivity index (χ1v) is 7.37. The molecule has 2 heterocycles. The molecule has 110 valence electrons. The number of halogens is 1. The normalized spacial score (nSPS) is 21.2. The molecular weight excluding hydrogens is 272 g/mol. The first-order chi connectivity index (χ1) is 9.24. The van der Waals surface area contributed by atoms with E-state index >= 15 is 0 Å². The Balaban J connectivity index is 0.00000147. The highest BCUT2D eigenvalue weighted by Crippen LogP contribution is 2.29. The molecule has 1 fully saturated rings. The van der Waals surface area contributed by atoms with Crippen molar-refractivity contribution in [3.8, 4) is 0 Å². The molecule has 1 amide bonds. The molecule has 2 aliphatic heterocycles. The van der Waals surface area contributed by atoms with Crippen LogP contribution in [0.15, 0.2) is 18.2 Å². The highest BCUT2D eigenvalue weighted by atomic mass is 35.5. The van der Waals surface area contributed by atoms with Gasteiger partial charge in [0.15, 0.2) is 0 Å². The van der Waals surface area contributed by atoms with Gasteiger partial charge in [0.2, 0.25) is 5.91 Å². The molecule has 0 saturated carbocycles. The minimum absolute atomic E-state index is 0. The number of carbonyl (C=O) groups is 1. The highest BCUT2D eigenvalue weighted by molar-refractivity contribution is 5.95. The summed E-state index contributed by atoms with van der Waals surface area (Å²) in [7, 11) is 0. The largest absolute Gasteiger partial charge is 0.313 e. The van der Waals surface area contributed by atoms with Crippen LogP contribution in [0.1, 0.15) is 36.8 Å². The first-order valence-electron chi connectivity index (χ1n) is 7.37. The zero-order valence-corrected chi connectivity index (χ0v) is 12.8. The summed E-state index contributed by atoms with van der Waals surface area (Å²) in [5.74, 6) is 0.283. The molecule has 1 aromatic rings. The molecule has 1 saturated heterocycles. The second-order valence-electron chi connectivity index (χ2n) is 5.78. The van der Waals surface area contributed by atoms with Gasteiger partial charge in [0, 0.05) is 24.7 Å². The Labute approximate surface area is 127 Å². The SMILES string of the molecule is Cc1ccc2c(c1)N(C(=O)CC1CCCN1)CCC2.Cl. The molecule has 1 aromatic carbocycles. The number of fused-ring (bicyclic) bond motifs is 1. The van der Waals surface area contributed by atoms with E-state index in [-0.39, 0.29) is 18.3 Å². The lowest BCUT2D eigenvalue weighted by molar-refractivity contribution is -0.119. The number of nitrogens with zero attached hydrogens (tertiary/aromatic N) is 1. The van der Waals surface area contributed by atoms with Gasteiger partial charge in [-0.1, -0.05) is 12.1 Å². The average molecular weight is 295 g/mol. The number of amides is 1. The zero-order valence-electron chi connectivity index (χ0n) is 12.0. The van der Waals surface area contributed by atoms with Crippen LogP contribution in [0.4, 0.5) is 5.69 Å². The first kappa shape index (κ1) is 15.3. The average Bonchev–Trinajstić information content (AvgIpc) is 2.90. The van der Waals surface area contributed by atoms with E-state index in [1.165, 1.54) is 17.5 Å². The van der Waals surface area contributed by atoms with Gasteiger partial charge in [-0.25, -0.2) is 0 Å². The lowest BCUT2D eigenvalue weighted by Gasteiger charge is -2.30. The third-order valence-electron chi connectivity index (χ3n) is 4.24. The maximum Gasteiger partial charge on any atom is 0.228 e. The van der Waals surface area contributed by atoms with Gasteiger partial charge in [-0.15, -0.1) is 12.4 Å². The Morgan fingerprint density at radius 2 is 2.25 bits per heavy atom. The third kappa shape index (κ3) is 3.15. The summed E-state index contributed by atoms with van der Waals surface area (Å²) < 4.78 is 0. The van der Waals surface area contributed by atoms with Crippen LogP contribution in [-0.2, 0) is 11.2 Å². The quantitative estimate of drug-likeness (QED) is 0.910. The molecule has 3 rings (SSSR count). The van der Waals surface area contributed by atoms with E-state index in [4.69, 9.17) is 0 Å². The Bertz CT molecular complexity index is 483. The van der Waals surface area contributed by atoms with Crippen LogP contribution >= 0.6 is 12.4 Å². The van der Waals surface area contributed by atoms with Crippen molar-refractivity contribution in [2.45, 2.75) is 45.1 Å². The van der Waals surface area contributed by atoms with Gasteiger partial charge in [0.25, 0.3) is 0 Å². The van der Waals surface area contributed by atoms with Crippen molar-refractivity contribution in [1.82, 2.24) is 5.32 Å². The molecule has 1 atom stereocenters. The van der Waals surface area contributed by atoms with Crippen molar-refractivity contribution in [3.63, 3.8) is 0 Å². The molecule has 0 bridgehead atoms. The fraction of sp³-hybridized carbons (Fsp3) is 0.562. The molecule has 1 unspecified atom stereocenters. The molecule has 3 nitrogen and oxygen atoms in total. The summed E-state index contributed by atoms with van der Waals surface area (Å²) >= 11 is 0. The van der Waals surface area contributed by atoms with Crippen LogP contribution in [0.5, 0.6) is 0 Å². The standard InChI is InChI=1S/C16H22N2O.ClH/c1-12-6-7-13-4-3-9-18(15(13)10-12)16(19)11-14-5-2-8-17-14;/h6-7,10,14,17H,2-5,8-9,11H2,1H3;1H. The van der Waals surface area contributed by atoms with Crippen molar-refractivity contribution < 1.29 is 4.79 Å². The Kier molecular flexibility index (Phi) is 5.06. The summed E-state index contributed by atoms with van der Waals surface area (Å²) in [5.41, 5.74) is 3.70. The predicted molar refractivity (Wildman–Crippen MR) is 84.7 cm³/mol. The summed E-state index contributed by atoms with van der Waals surface area (Å²) in [6.45, 7) is 4.03. The molecule has 1 N–H and O–H groups in total. The van der Waals surface area contributed by atoms with Gasteiger partial charge in [0.05, 0.1) is 0 Å². The van der Waals surface area contributed by atoms with Crippen molar-refractivity contribution in [1.29, 1.82) is 0 Å². The van der Waals surface area contributed by atoms with Gasteiger partial charge in [0.1, 0.15) is 0 Å². The topological polar surface area (TPSA) is 32.3 Å². The van der Waals surface area contributed by atoms with E-state index in [1.807, 2.05) is 4.90 Å². The molecule has 20 heavy (non-hydrogen) atoms. The van der Waals surface area contributed by atoms with Crippen LogP contribution in [0.3, 0.4) is 0 Å². The second-order valence-corrected chi connectivity index (χ2v) is 5.78. The highest BCUT2D eigenvalue weighted by Gasteiger charge is 2.25. The van der Waals surface area contributed by atoms with Crippen LogP contribution in [0.2, 0.25) is 0 Å². The van der Waals surface area contributed by atoms with Crippen molar-refractivity contribution in [2.24, 2.45) is 0 Å². The molecule has 0 radical (unpaired) electrons. The van der Waals surface area contributed by atoms with E-state index in [9.17, 15) is 4.79 Å². The Morgan fingerprint density at radius 1 is 1.40 bits per heavy atom. The summed E-state index contributed by atoms with van der Waals surface area (Å²) in [4.78, 5) is 14.5. The minimum Gasteiger partial charge on any atom is -0.313 e. The maximum absolute atomic E-state index is 12.5. The fourth-order valence-corrected chi connectivity index (χ4v) is 3.20.